The molecule has 2 rings (SSSR count). The molecule has 4 heteroatoms. The number of rotatable bonds is 1. The van der Waals surface area contributed by atoms with Crippen LogP contribution in [0.5, 0.6) is 0 Å². The quantitative estimate of drug-likeness (QED) is 0.777. The number of hydrogen-bond donors (Lipinski definition) is 1. The van der Waals surface area contributed by atoms with Crippen LogP contribution in [0.1, 0.15) is 32.0 Å². The first-order valence-electron chi connectivity index (χ1n) is 6.19. The van der Waals surface area contributed by atoms with Gasteiger partial charge in [0, 0.05) is 11.0 Å². The number of nitrogen functional groups attached to an aromatic ring is 1. The number of hydrogen-bond acceptors (Lipinski definition) is 3. The van der Waals surface area contributed by atoms with E-state index >= 15 is 0 Å². The van der Waals surface area contributed by atoms with Crippen molar-refractivity contribution in [3.05, 3.63) is 39.1 Å². The van der Waals surface area contributed by atoms with Gasteiger partial charge in [-0.1, -0.05) is 50.6 Å². The zero-order chi connectivity index (χ0) is 14.2. The van der Waals surface area contributed by atoms with Gasteiger partial charge < -0.3 is 5.73 Å². The summed E-state index contributed by atoms with van der Waals surface area (Å²) in [5.74, 6) is 1.25. The fourth-order valence-electron chi connectivity index (χ4n) is 1.79. The molecular formula is C15H18IN3. The first kappa shape index (κ1) is 14.2. The second-order valence-corrected chi connectivity index (χ2v) is 6.79. The summed E-state index contributed by atoms with van der Waals surface area (Å²) in [4.78, 5) is 9.11. The molecule has 0 spiro atoms. The summed E-state index contributed by atoms with van der Waals surface area (Å²) in [6.45, 7) is 8.47. The highest BCUT2D eigenvalue weighted by Crippen LogP contribution is 2.30. The van der Waals surface area contributed by atoms with E-state index in [0.29, 0.717) is 11.6 Å². The maximum absolute atomic E-state index is 6.03. The number of aromatic nitrogens is 2. The first-order chi connectivity index (χ1) is 8.79. The Morgan fingerprint density at radius 2 is 1.63 bits per heavy atom. The predicted molar refractivity (Wildman–Crippen MR) is 88.0 cm³/mol. The summed E-state index contributed by atoms with van der Waals surface area (Å²) in [5, 5.41) is 0. The topological polar surface area (TPSA) is 51.8 Å². The van der Waals surface area contributed by atoms with Crippen molar-refractivity contribution in [2.45, 2.75) is 33.1 Å². The van der Waals surface area contributed by atoms with E-state index in [0.717, 1.165) is 14.8 Å². The van der Waals surface area contributed by atoms with Crippen LogP contribution in [-0.4, -0.2) is 9.97 Å². The third-order valence-electron chi connectivity index (χ3n) is 2.90. The smallest absolute Gasteiger partial charge is 0.161 e. The molecule has 3 nitrogen and oxygen atoms in total. The number of anilines is 1. The fourth-order valence-corrected chi connectivity index (χ4v) is 2.84. The summed E-state index contributed by atoms with van der Waals surface area (Å²) in [5.41, 5.74) is 9.19. The van der Waals surface area contributed by atoms with Crippen LogP contribution >= 0.6 is 22.6 Å². The average Bonchev–Trinajstić information content (AvgIpc) is 2.32. The van der Waals surface area contributed by atoms with Gasteiger partial charge in [0.15, 0.2) is 5.82 Å². The van der Waals surface area contributed by atoms with Crippen molar-refractivity contribution in [3.63, 3.8) is 0 Å². The maximum atomic E-state index is 6.03. The van der Waals surface area contributed by atoms with Gasteiger partial charge in [0.05, 0.1) is 9.26 Å². The van der Waals surface area contributed by atoms with Crippen molar-refractivity contribution >= 4 is 28.4 Å². The van der Waals surface area contributed by atoms with E-state index in [9.17, 15) is 0 Å². The minimum absolute atomic E-state index is 0.0486. The third-order valence-corrected chi connectivity index (χ3v) is 3.96. The molecule has 0 radical (unpaired) electrons. The Kier molecular flexibility index (Phi) is 3.80. The molecule has 1 aromatic heterocycles. The van der Waals surface area contributed by atoms with Crippen LogP contribution in [-0.2, 0) is 5.41 Å². The highest BCUT2D eigenvalue weighted by atomic mass is 127. The van der Waals surface area contributed by atoms with Crippen LogP contribution < -0.4 is 5.73 Å². The molecule has 0 bridgehead atoms. The number of nitrogens with two attached hydrogens (primary N) is 1. The van der Waals surface area contributed by atoms with Crippen molar-refractivity contribution in [1.29, 1.82) is 0 Å². The first-order valence-corrected chi connectivity index (χ1v) is 7.27. The second kappa shape index (κ2) is 5.07. The molecule has 0 aliphatic heterocycles. The number of benzene rings is 1. The van der Waals surface area contributed by atoms with Gasteiger partial charge in [-0.2, -0.15) is 0 Å². The standard InChI is InChI=1S/C15H18IN3/c1-9-5-7-10(8-6-9)14-18-12(15(2,3)4)11(16)13(17)19-14/h5-8H,1-4H3,(H2,17,18,19). The Bertz CT molecular complexity index is 598. The average molecular weight is 367 g/mol. The molecule has 1 heterocycles. The lowest BCUT2D eigenvalue weighted by Gasteiger charge is -2.21. The van der Waals surface area contributed by atoms with Gasteiger partial charge in [0.25, 0.3) is 0 Å². The predicted octanol–water partition coefficient (Wildman–Crippen LogP) is 3.94. The lowest BCUT2D eigenvalue weighted by molar-refractivity contribution is 0.564. The van der Waals surface area contributed by atoms with Crippen molar-refractivity contribution in [2.24, 2.45) is 0 Å². The van der Waals surface area contributed by atoms with Crippen LogP contribution in [0.25, 0.3) is 11.4 Å². The number of nitrogens with zero attached hydrogens (tertiary/aromatic N) is 2. The molecule has 2 N–H and O–H groups in total. The summed E-state index contributed by atoms with van der Waals surface area (Å²) in [6, 6.07) is 8.18. The summed E-state index contributed by atoms with van der Waals surface area (Å²) < 4.78 is 0.945. The Hall–Kier alpha value is -1.17. The molecule has 0 saturated heterocycles. The molecule has 0 atom stereocenters. The summed E-state index contributed by atoms with van der Waals surface area (Å²) in [7, 11) is 0. The van der Waals surface area contributed by atoms with Gasteiger partial charge in [0.1, 0.15) is 5.82 Å². The minimum Gasteiger partial charge on any atom is -0.383 e. The van der Waals surface area contributed by atoms with Crippen molar-refractivity contribution in [2.75, 3.05) is 5.73 Å². The molecule has 0 amide bonds. The van der Waals surface area contributed by atoms with Crippen molar-refractivity contribution in [1.82, 2.24) is 9.97 Å². The van der Waals surface area contributed by atoms with Gasteiger partial charge >= 0.3 is 0 Å². The fraction of sp³-hybridized carbons (Fsp3) is 0.333. The largest absolute Gasteiger partial charge is 0.383 e. The van der Waals surface area contributed by atoms with E-state index in [-0.39, 0.29) is 5.41 Å². The van der Waals surface area contributed by atoms with E-state index < -0.39 is 0 Å². The van der Waals surface area contributed by atoms with E-state index in [1.807, 2.05) is 12.1 Å². The summed E-state index contributed by atoms with van der Waals surface area (Å²) in [6.07, 6.45) is 0. The Balaban J connectivity index is 2.60. The zero-order valence-electron chi connectivity index (χ0n) is 11.7. The monoisotopic (exact) mass is 367 g/mol. The van der Waals surface area contributed by atoms with Crippen LogP contribution in [0.3, 0.4) is 0 Å². The molecule has 0 saturated carbocycles. The zero-order valence-corrected chi connectivity index (χ0v) is 13.8. The SMILES string of the molecule is Cc1ccc(-c2nc(N)c(I)c(C(C)(C)C)n2)cc1. The van der Waals surface area contributed by atoms with E-state index in [2.05, 4.69) is 67.4 Å². The second-order valence-electron chi connectivity index (χ2n) is 5.71. The number of halogens is 1. The molecule has 0 aliphatic carbocycles. The molecule has 0 unspecified atom stereocenters. The maximum Gasteiger partial charge on any atom is 0.161 e. The molecule has 100 valence electrons. The van der Waals surface area contributed by atoms with Gasteiger partial charge in [0.2, 0.25) is 0 Å². The van der Waals surface area contributed by atoms with Crippen LogP contribution in [0, 0.1) is 10.5 Å². The molecule has 0 aliphatic rings. The van der Waals surface area contributed by atoms with Crippen LogP contribution in [0.15, 0.2) is 24.3 Å². The highest BCUT2D eigenvalue weighted by molar-refractivity contribution is 14.1. The van der Waals surface area contributed by atoms with E-state index in [1.54, 1.807) is 0 Å². The molecule has 0 fully saturated rings. The molecule has 2 aromatic rings. The van der Waals surface area contributed by atoms with Crippen LogP contribution in [0.2, 0.25) is 0 Å². The Morgan fingerprint density at radius 1 is 1.05 bits per heavy atom. The van der Waals surface area contributed by atoms with Crippen LogP contribution in [0.4, 0.5) is 5.82 Å². The van der Waals surface area contributed by atoms with Crippen molar-refractivity contribution in [3.8, 4) is 11.4 Å². The van der Waals surface area contributed by atoms with Gasteiger partial charge in [-0.3, -0.25) is 0 Å². The third kappa shape index (κ3) is 3.05. The lowest BCUT2D eigenvalue weighted by Crippen LogP contribution is -2.18. The normalized spacial score (nSPS) is 11.6. The van der Waals surface area contributed by atoms with Gasteiger partial charge in [-0.25, -0.2) is 9.97 Å². The van der Waals surface area contributed by atoms with Gasteiger partial charge in [-0.15, -0.1) is 0 Å². The van der Waals surface area contributed by atoms with E-state index in [1.165, 1.54) is 5.56 Å². The molecule has 19 heavy (non-hydrogen) atoms. The van der Waals surface area contributed by atoms with Crippen molar-refractivity contribution < 1.29 is 0 Å². The molecule has 1 aromatic carbocycles. The Labute approximate surface area is 127 Å². The summed E-state index contributed by atoms with van der Waals surface area (Å²) >= 11 is 2.22. The van der Waals surface area contributed by atoms with Gasteiger partial charge in [-0.05, 0) is 29.5 Å². The highest BCUT2D eigenvalue weighted by Gasteiger charge is 2.22. The number of aryl methyl sites for hydroxylation is 1. The minimum atomic E-state index is -0.0486. The lowest BCUT2D eigenvalue weighted by atomic mass is 9.91. The molecular weight excluding hydrogens is 349 g/mol. The Morgan fingerprint density at radius 3 is 2.16 bits per heavy atom. The van der Waals surface area contributed by atoms with E-state index in [4.69, 9.17) is 10.7 Å².